The maximum atomic E-state index is 12.5. The van der Waals surface area contributed by atoms with Gasteiger partial charge in [0.05, 0.1) is 28.0 Å². The fourth-order valence-corrected chi connectivity index (χ4v) is 3.88. The number of rotatable bonds is 4. The summed E-state index contributed by atoms with van der Waals surface area (Å²) < 4.78 is 33.3. The van der Waals surface area contributed by atoms with E-state index in [4.69, 9.17) is 4.42 Å². The van der Waals surface area contributed by atoms with Gasteiger partial charge in [0.2, 0.25) is 5.89 Å². The summed E-state index contributed by atoms with van der Waals surface area (Å²) in [5, 5.41) is 6.87. The van der Waals surface area contributed by atoms with Gasteiger partial charge in [0.25, 0.3) is 5.89 Å². The number of hydrogen-bond donors (Lipinski definition) is 0. The van der Waals surface area contributed by atoms with Crippen LogP contribution in [0.5, 0.6) is 0 Å². The van der Waals surface area contributed by atoms with Gasteiger partial charge in [0, 0.05) is 10.7 Å². The molecule has 26 heavy (non-hydrogen) atoms. The normalized spacial score (nSPS) is 11.5. The molecule has 0 fully saturated rings. The van der Waals surface area contributed by atoms with Crippen LogP contribution in [0, 0.1) is 0 Å². The molecular formula is C16H9BrF2N4O2S. The highest BCUT2D eigenvalue weighted by molar-refractivity contribution is 9.10. The third-order valence-electron chi connectivity index (χ3n) is 3.65. The van der Waals surface area contributed by atoms with Gasteiger partial charge in [-0.3, -0.25) is 14.3 Å². The minimum atomic E-state index is -2.82. The summed E-state index contributed by atoms with van der Waals surface area (Å²) in [7, 11) is 0. The average molecular weight is 439 g/mol. The standard InChI is InChI=1S/C16H9BrF2N4O2S/c17-9-2-4-11-12(5-9)26-16(24)23(11)7-10-3-1-8(6-20-10)14-21-22-15(25-14)13(18)19/h1-6,13H,7H2. The summed E-state index contributed by atoms with van der Waals surface area (Å²) in [5.74, 6) is -0.756. The van der Waals surface area contributed by atoms with Crippen molar-refractivity contribution in [2.75, 3.05) is 0 Å². The molecule has 0 saturated carbocycles. The number of aromatic nitrogens is 4. The molecule has 132 valence electrons. The highest BCUT2D eigenvalue weighted by Gasteiger charge is 2.17. The zero-order valence-electron chi connectivity index (χ0n) is 12.9. The Morgan fingerprint density at radius 1 is 1.23 bits per heavy atom. The minimum absolute atomic E-state index is 0.0256. The van der Waals surface area contributed by atoms with E-state index in [2.05, 4.69) is 31.1 Å². The Balaban J connectivity index is 1.62. The molecule has 0 amide bonds. The summed E-state index contributed by atoms with van der Waals surface area (Å²) in [6.45, 7) is 0.298. The number of benzene rings is 1. The molecule has 0 spiro atoms. The molecule has 0 aliphatic rings. The van der Waals surface area contributed by atoms with E-state index in [0.717, 1.165) is 26.0 Å². The summed E-state index contributed by atoms with van der Waals surface area (Å²) in [6.07, 6.45) is -1.36. The predicted molar refractivity (Wildman–Crippen MR) is 95.4 cm³/mol. The summed E-state index contributed by atoms with van der Waals surface area (Å²) >= 11 is 4.55. The van der Waals surface area contributed by atoms with Crippen molar-refractivity contribution >= 4 is 37.5 Å². The summed E-state index contributed by atoms with van der Waals surface area (Å²) in [5.41, 5.74) is 1.90. The molecule has 4 aromatic rings. The molecule has 6 nitrogen and oxygen atoms in total. The van der Waals surface area contributed by atoms with E-state index in [9.17, 15) is 13.6 Å². The van der Waals surface area contributed by atoms with E-state index in [1.807, 2.05) is 18.2 Å². The van der Waals surface area contributed by atoms with E-state index in [1.54, 1.807) is 16.7 Å². The summed E-state index contributed by atoms with van der Waals surface area (Å²) in [6, 6.07) is 8.97. The van der Waals surface area contributed by atoms with Crippen LogP contribution in [0.1, 0.15) is 18.0 Å². The lowest BCUT2D eigenvalue weighted by Crippen LogP contribution is -2.14. The van der Waals surface area contributed by atoms with Gasteiger partial charge in [-0.1, -0.05) is 27.3 Å². The second-order valence-corrected chi connectivity index (χ2v) is 7.26. The van der Waals surface area contributed by atoms with Crippen molar-refractivity contribution in [3.63, 3.8) is 0 Å². The molecule has 1 aromatic carbocycles. The lowest BCUT2D eigenvalue weighted by molar-refractivity contribution is 0.116. The molecule has 0 aliphatic heterocycles. The van der Waals surface area contributed by atoms with Gasteiger partial charge in [-0.2, -0.15) is 8.78 Å². The van der Waals surface area contributed by atoms with Crippen LogP contribution in [-0.2, 0) is 6.54 Å². The Morgan fingerprint density at radius 3 is 2.77 bits per heavy atom. The third-order valence-corrected chi connectivity index (χ3v) is 5.08. The molecule has 4 rings (SSSR count). The van der Waals surface area contributed by atoms with Crippen LogP contribution in [-0.4, -0.2) is 19.7 Å². The zero-order chi connectivity index (χ0) is 18.3. The molecule has 0 atom stereocenters. The van der Waals surface area contributed by atoms with Crippen molar-refractivity contribution in [3.05, 3.63) is 62.3 Å². The quantitative estimate of drug-likeness (QED) is 0.475. The first kappa shape index (κ1) is 17.0. The molecule has 0 bridgehead atoms. The fraction of sp³-hybridized carbons (Fsp3) is 0.125. The van der Waals surface area contributed by atoms with Crippen molar-refractivity contribution in [1.29, 1.82) is 0 Å². The van der Waals surface area contributed by atoms with Gasteiger partial charge >= 0.3 is 11.3 Å². The average Bonchev–Trinajstić information content (AvgIpc) is 3.21. The second-order valence-electron chi connectivity index (χ2n) is 5.35. The van der Waals surface area contributed by atoms with E-state index in [1.165, 1.54) is 6.20 Å². The monoisotopic (exact) mass is 438 g/mol. The lowest BCUT2D eigenvalue weighted by Gasteiger charge is -2.04. The smallest absolute Gasteiger partial charge is 0.314 e. The number of pyridine rings is 1. The van der Waals surface area contributed by atoms with Crippen molar-refractivity contribution < 1.29 is 13.2 Å². The number of halogens is 3. The molecule has 3 aromatic heterocycles. The molecule has 0 unspecified atom stereocenters. The first-order chi connectivity index (χ1) is 12.5. The highest BCUT2D eigenvalue weighted by atomic mass is 79.9. The van der Waals surface area contributed by atoms with Crippen molar-refractivity contribution in [2.24, 2.45) is 0 Å². The van der Waals surface area contributed by atoms with E-state index >= 15 is 0 Å². The van der Waals surface area contributed by atoms with Crippen LogP contribution < -0.4 is 4.87 Å². The van der Waals surface area contributed by atoms with Gasteiger partial charge in [0.15, 0.2) is 0 Å². The van der Waals surface area contributed by atoms with Crippen LogP contribution in [0.3, 0.4) is 0 Å². The van der Waals surface area contributed by atoms with Crippen LogP contribution in [0.2, 0.25) is 0 Å². The Morgan fingerprint density at radius 2 is 2.08 bits per heavy atom. The predicted octanol–water partition coefficient (Wildman–Crippen LogP) is 4.26. The van der Waals surface area contributed by atoms with Crippen LogP contribution in [0.15, 0.2) is 50.2 Å². The van der Waals surface area contributed by atoms with Crippen molar-refractivity contribution in [1.82, 2.24) is 19.7 Å². The summed E-state index contributed by atoms with van der Waals surface area (Å²) in [4.78, 5) is 16.4. The maximum absolute atomic E-state index is 12.5. The largest absolute Gasteiger partial charge is 0.415 e. The van der Waals surface area contributed by atoms with E-state index < -0.39 is 12.3 Å². The Kier molecular flexibility index (Phi) is 4.37. The minimum Gasteiger partial charge on any atom is -0.415 e. The number of alkyl halides is 2. The maximum Gasteiger partial charge on any atom is 0.314 e. The Hall–Kier alpha value is -2.46. The first-order valence-corrected chi connectivity index (χ1v) is 8.98. The lowest BCUT2D eigenvalue weighted by atomic mass is 10.2. The van der Waals surface area contributed by atoms with E-state index in [-0.39, 0.29) is 10.8 Å². The van der Waals surface area contributed by atoms with Gasteiger partial charge in [-0.25, -0.2) is 0 Å². The number of hydrogen-bond acceptors (Lipinski definition) is 6. The SMILES string of the molecule is O=c1sc2cc(Br)ccc2n1Cc1ccc(-c2nnc(C(F)F)o2)cn1. The van der Waals surface area contributed by atoms with Crippen LogP contribution in [0.25, 0.3) is 21.7 Å². The number of thiazole rings is 1. The number of nitrogens with zero attached hydrogens (tertiary/aromatic N) is 4. The van der Waals surface area contributed by atoms with Gasteiger partial charge in [-0.15, -0.1) is 10.2 Å². The van der Waals surface area contributed by atoms with Gasteiger partial charge < -0.3 is 4.42 Å². The van der Waals surface area contributed by atoms with Crippen LogP contribution in [0.4, 0.5) is 8.78 Å². The Labute approximate surface area is 157 Å². The molecule has 0 N–H and O–H groups in total. The van der Waals surface area contributed by atoms with Crippen molar-refractivity contribution in [2.45, 2.75) is 13.0 Å². The molecule has 0 aliphatic carbocycles. The van der Waals surface area contributed by atoms with Gasteiger partial charge in [0.1, 0.15) is 0 Å². The second kappa shape index (κ2) is 6.69. The van der Waals surface area contributed by atoms with Crippen LogP contribution >= 0.6 is 27.3 Å². The molecule has 0 saturated heterocycles. The van der Waals surface area contributed by atoms with Gasteiger partial charge in [-0.05, 0) is 30.3 Å². The third kappa shape index (κ3) is 3.17. The fourth-order valence-electron chi connectivity index (χ4n) is 2.44. The van der Waals surface area contributed by atoms with E-state index in [0.29, 0.717) is 17.8 Å². The molecule has 3 heterocycles. The topological polar surface area (TPSA) is 73.8 Å². The number of fused-ring (bicyclic) bond motifs is 1. The highest BCUT2D eigenvalue weighted by Crippen LogP contribution is 2.24. The Bertz CT molecular complexity index is 1140. The molecule has 0 radical (unpaired) electrons. The molecule has 10 heteroatoms. The van der Waals surface area contributed by atoms with Crippen molar-refractivity contribution in [3.8, 4) is 11.5 Å². The zero-order valence-corrected chi connectivity index (χ0v) is 15.3. The first-order valence-electron chi connectivity index (χ1n) is 7.37. The molecular weight excluding hydrogens is 430 g/mol.